The van der Waals surface area contributed by atoms with Crippen LogP contribution < -0.4 is 0 Å². The molecule has 0 fully saturated rings. The number of hydrogen-bond donors (Lipinski definition) is 0. The van der Waals surface area contributed by atoms with Gasteiger partial charge in [0.2, 0.25) is 0 Å². The maximum Gasteiger partial charge on any atom is 0.254 e. The lowest BCUT2D eigenvalue weighted by Gasteiger charge is -2.25. The molecular formula is C23H27FIN3O. The van der Waals surface area contributed by atoms with Crippen LogP contribution in [-0.2, 0) is 13.1 Å². The molecule has 2 aromatic carbocycles. The highest BCUT2D eigenvalue weighted by atomic mass is 127. The minimum absolute atomic E-state index is 0.00194. The average molecular weight is 507 g/mol. The first-order valence-electron chi connectivity index (χ1n) is 10.00. The van der Waals surface area contributed by atoms with E-state index in [1.54, 1.807) is 6.07 Å². The lowest BCUT2D eigenvalue weighted by Crippen LogP contribution is -2.34. The van der Waals surface area contributed by atoms with Crippen molar-refractivity contribution in [3.8, 4) is 0 Å². The molecule has 0 N–H and O–H groups in total. The number of imidazole rings is 1. The van der Waals surface area contributed by atoms with Gasteiger partial charge < -0.3 is 9.47 Å². The van der Waals surface area contributed by atoms with E-state index in [0.29, 0.717) is 30.1 Å². The number of rotatable bonds is 7. The molecule has 3 aromatic rings. The van der Waals surface area contributed by atoms with Crippen molar-refractivity contribution in [1.29, 1.82) is 0 Å². The highest BCUT2D eigenvalue weighted by Crippen LogP contribution is 2.21. The van der Waals surface area contributed by atoms with E-state index < -0.39 is 0 Å². The zero-order chi connectivity index (χ0) is 21.1. The summed E-state index contributed by atoms with van der Waals surface area (Å²) in [6.07, 6.45) is 0.935. The average Bonchev–Trinajstić information content (AvgIpc) is 2.99. The highest BCUT2D eigenvalue weighted by Gasteiger charge is 2.21. The lowest BCUT2D eigenvalue weighted by atomic mass is 10.1. The summed E-state index contributed by atoms with van der Waals surface area (Å²) in [5, 5.41) is 0. The topological polar surface area (TPSA) is 38.1 Å². The zero-order valence-electron chi connectivity index (χ0n) is 17.4. The van der Waals surface area contributed by atoms with Gasteiger partial charge in [0, 0.05) is 28.3 Å². The Balaban J connectivity index is 1.99. The van der Waals surface area contributed by atoms with Gasteiger partial charge in [-0.05, 0) is 71.7 Å². The largest absolute Gasteiger partial charge is 0.331 e. The van der Waals surface area contributed by atoms with Crippen molar-refractivity contribution >= 4 is 39.5 Å². The number of fused-ring (bicyclic) bond motifs is 1. The first-order chi connectivity index (χ1) is 13.8. The molecule has 0 spiro atoms. The second-order valence-corrected chi connectivity index (χ2v) is 9.02. The highest BCUT2D eigenvalue weighted by molar-refractivity contribution is 14.1. The van der Waals surface area contributed by atoms with Gasteiger partial charge in [-0.25, -0.2) is 9.37 Å². The van der Waals surface area contributed by atoms with Crippen LogP contribution in [0.2, 0.25) is 0 Å². The Morgan fingerprint density at radius 1 is 1.24 bits per heavy atom. The summed E-state index contributed by atoms with van der Waals surface area (Å²) in [6.45, 7) is 10.2. The van der Waals surface area contributed by atoms with E-state index in [2.05, 4.69) is 52.9 Å². The molecule has 0 aliphatic carbocycles. The monoisotopic (exact) mass is 507 g/mol. The molecule has 0 aliphatic rings. The standard InChI is InChI=1S/C23H27FIN3O/c1-5-10-28-21-9-8-18(24)12-20(21)26-22(28)14-27(13-15(2)3)23(29)17-7-6-16(4)19(25)11-17/h6-9,11-12,15H,5,10,13-14H2,1-4H3. The van der Waals surface area contributed by atoms with Crippen LogP contribution in [-0.4, -0.2) is 26.9 Å². The molecule has 1 amide bonds. The maximum absolute atomic E-state index is 13.7. The Bertz CT molecular complexity index is 1030. The SMILES string of the molecule is CCCn1c(CN(CC(C)C)C(=O)c2ccc(C)c(I)c2)nc2cc(F)ccc21. The van der Waals surface area contributed by atoms with Gasteiger partial charge in [0.15, 0.2) is 0 Å². The summed E-state index contributed by atoms with van der Waals surface area (Å²) in [6, 6.07) is 10.5. The van der Waals surface area contributed by atoms with E-state index in [4.69, 9.17) is 0 Å². The molecule has 1 heterocycles. The predicted octanol–water partition coefficient (Wildman–Crippen LogP) is 5.80. The molecule has 0 atom stereocenters. The van der Waals surface area contributed by atoms with Gasteiger partial charge in [0.05, 0.1) is 17.6 Å². The number of aryl methyl sites for hydroxylation is 2. The molecule has 29 heavy (non-hydrogen) atoms. The fourth-order valence-electron chi connectivity index (χ4n) is 3.49. The van der Waals surface area contributed by atoms with Crippen LogP contribution >= 0.6 is 22.6 Å². The van der Waals surface area contributed by atoms with E-state index >= 15 is 0 Å². The summed E-state index contributed by atoms with van der Waals surface area (Å²) >= 11 is 2.26. The van der Waals surface area contributed by atoms with Gasteiger partial charge in [0.1, 0.15) is 11.6 Å². The Morgan fingerprint density at radius 2 is 2.00 bits per heavy atom. The zero-order valence-corrected chi connectivity index (χ0v) is 19.5. The van der Waals surface area contributed by atoms with E-state index in [1.165, 1.54) is 12.1 Å². The Kier molecular flexibility index (Phi) is 6.93. The molecule has 1 aromatic heterocycles. The van der Waals surface area contributed by atoms with Crippen molar-refractivity contribution in [1.82, 2.24) is 14.5 Å². The quantitative estimate of drug-likeness (QED) is 0.380. The summed E-state index contributed by atoms with van der Waals surface area (Å²) in [5.74, 6) is 0.820. The third-order valence-corrected chi connectivity index (χ3v) is 6.02. The molecule has 0 radical (unpaired) electrons. The van der Waals surface area contributed by atoms with Crippen LogP contribution in [0.4, 0.5) is 4.39 Å². The van der Waals surface area contributed by atoms with E-state index in [1.807, 2.05) is 30.0 Å². The number of amides is 1. The molecule has 6 heteroatoms. The van der Waals surface area contributed by atoms with Crippen LogP contribution in [0.15, 0.2) is 36.4 Å². The fourth-order valence-corrected chi connectivity index (χ4v) is 4.00. The van der Waals surface area contributed by atoms with Crippen molar-refractivity contribution in [3.63, 3.8) is 0 Å². The maximum atomic E-state index is 13.7. The van der Waals surface area contributed by atoms with Crippen LogP contribution in [0.1, 0.15) is 48.9 Å². The first-order valence-corrected chi connectivity index (χ1v) is 11.1. The smallest absolute Gasteiger partial charge is 0.254 e. The van der Waals surface area contributed by atoms with E-state index in [0.717, 1.165) is 33.4 Å². The number of carbonyl (C=O) groups is 1. The second kappa shape index (κ2) is 9.24. The summed E-state index contributed by atoms with van der Waals surface area (Å²) in [7, 11) is 0. The van der Waals surface area contributed by atoms with Crippen molar-refractivity contribution in [2.75, 3.05) is 6.54 Å². The molecule has 0 bridgehead atoms. The number of benzene rings is 2. The summed E-state index contributed by atoms with van der Waals surface area (Å²) in [5.41, 5.74) is 3.38. The minimum atomic E-state index is -0.297. The Hall–Kier alpha value is -1.96. The normalized spacial score (nSPS) is 11.4. The number of hydrogen-bond acceptors (Lipinski definition) is 2. The van der Waals surface area contributed by atoms with Gasteiger partial charge in [-0.2, -0.15) is 0 Å². The van der Waals surface area contributed by atoms with Crippen LogP contribution in [0.25, 0.3) is 11.0 Å². The molecule has 0 saturated heterocycles. The summed E-state index contributed by atoms with van der Waals surface area (Å²) < 4.78 is 16.9. The number of nitrogens with zero attached hydrogens (tertiary/aromatic N) is 3. The van der Waals surface area contributed by atoms with Gasteiger partial charge in [-0.3, -0.25) is 4.79 Å². The van der Waals surface area contributed by atoms with Crippen LogP contribution in [0.5, 0.6) is 0 Å². The fraction of sp³-hybridized carbons (Fsp3) is 0.391. The molecule has 4 nitrogen and oxygen atoms in total. The van der Waals surface area contributed by atoms with Crippen molar-refractivity contribution in [3.05, 3.63) is 62.7 Å². The van der Waals surface area contributed by atoms with Crippen molar-refractivity contribution < 1.29 is 9.18 Å². The predicted molar refractivity (Wildman–Crippen MR) is 123 cm³/mol. The number of halogens is 2. The van der Waals surface area contributed by atoms with Crippen molar-refractivity contribution in [2.45, 2.75) is 47.2 Å². The molecular weight excluding hydrogens is 480 g/mol. The summed E-state index contributed by atoms with van der Waals surface area (Å²) in [4.78, 5) is 19.8. The van der Waals surface area contributed by atoms with Crippen LogP contribution in [0.3, 0.4) is 0 Å². The van der Waals surface area contributed by atoms with Crippen LogP contribution in [0, 0.1) is 22.2 Å². The van der Waals surface area contributed by atoms with E-state index in [9.17, 15) is 9.18 Å². The van der Waals surface area contributed by atoms with Gasteiger partial charge >= 0.3 is 0 Å². The van der Waals surface area contributed by atoms with E-state index in [-0.39, 0.29) is 11.7 Å². The number of aromatic nitrogens is 2. The first kappa shape index (κ1) is 21.7. The Morgan fingerprint density at radius 3 is 2.66 bits per heavy atom. The molecule has 0 saturated carbocycles. The van der Waals surface area contributed by atoms with Gasteiger partial charge in [-0.1, -0.05) is 26.8 Å². The molecule has 0 aliphatic heterocycles. The second-order valence-electron chi connectivity index (χ2n) is 7.86. The third kappa shape index (κ3) is 4.97. The van der Waals surface area contributed by atoms with Crippen molar-refractivity contribution in [2.24, 2.45) is 5.92 Å². The third-order valence-electron chi connectivity index (χ3n) is 4.86. The molecule has 154 valence electrons. The Labute approximate surface area is 185 Å². The van der Waals surface area contributed by atoms with Gasteiger partial charge in [-0.15, -0.1) is 0 Å². The van der Waals surface area contributed by atoms with Gasteiger partial charge in [0.25, 0.3) is 5.91 Å². The molecule has 0 unspecified atom stereocenters. The minimum Gasteiger partial charge on any atom is -0.331 e. The molecule has 3 rings (SSSR count). The number of carbonyl (C=O) groups excluding carboxylic acids is 1. The lowest BCUT2D eigenvalue weighted by molar-refractivity contribution is 0.0716.